The first-order valence-corrected chi connectivity index (χ1v) is 10.4. The van der Waals surface area contributed by atoms with Crippen molar-refractivity contribution in [3.63, 3.8) is 0 Å². The van der Waals surface area contributed by atoms with E-state index in [0.29, 0.717) is 23.0 Å². The molecule has 5 rings (SSSR count). The van der Waals surface area contributed by atoms with Crippen LogP contribution in [0.4, 0.5) is 10.7 Å². The fourth-order valence-electron chi connectivity index (χ4n) is 4.04. The summed E-state index contributed by atoms with van der Waals surface area (Å²) in [5.41, 5.74) is 2.59. The first-order valence-electron chi connectivity index (χ1n) is 9.56. The predicted molar refractivity (Wildman–Crippen MR) is 110 cm³/mol. The summed E-state index contributed by atoms with van der Waals surface area (Å²) in [4.78, 5) is 24.7. The minimum Gasteiger partial charge on any atom is -0.457 e. The quantitative estimate of drug-likeness (QED) is 0.474. The SMILES string of the molecule is C[C@H]1CCc2c(sc3c2C(=O)N[C@H](c2ccc(-c4cccc([N+](=O)[O-])c4)o2)N3)C1. The highest BCUT2D eigenvalue weighted by Crippen LogP contribution is 2.43. The van der Waals surface area contributed by atoms with Crippen LogP contribution >= 0.6 is 11.3 Å². The van der Waals surface area contributed by atoms with Crippen molar-refractivity contribution in [3.8, 4) is 11.3 Å². The Morgan fingerprint density at radius 1 is 1.24 bits per heavy atom. The molecule has 8 heteroatoms. The normalized spacial score (nSPS) is 20.4. The van der Waals surface area contributed by atoms with Crippen LogP contribution in [-0.4, -0.2) is 10.8 Å². The zero-order valence-corrected chi connectivity index (χ0v) is 16.5. The first kappa shape index (κ1) is 17.9. The second-order valence-corrected chi connectivity index (χ2v) is 8.72. The van der Waals surface area contributed by atoms with E-state index in [1.54, 1.807) is 35.6 Å². The Bertz CT molecular complexity index is 1130. The Morgan fingerprint density at radius 3 is 2.93 bits per heavy atom. The number of thiophene rings is 1. The molecule has 7 nitrogen and oxygen atoms in total. The van der Waals surface area contributed by atoms with Gasteiger partial charge < -0.3 is 15.1 Å². The lowest BCUT2D eigenvalue weighted by Gasteiger charge is -2.25. The van der Waals surface area contributed by atoms with E-state index in [0.717, 1.165) is 29.8 Å². The number of carbonyl (C=O) groups is 1. The van der Waals surface area contributed by atoms with Gasteiger partial charge in [0.2, 0.25) is 0 Å². The number of rotatable bonds is 3. The molecule has 3 aromatic rings. The summed E-state index contributed by atoms with van der Waals surface area (Å²) in [6.07, 6.45) is 2.60. The Hall–Kier alpha value is -3.13. The lowest BCUT2D eigenvalue weighted by Crippen LogP contribution is -2.38. The Kier molecular flexibility index (Phi) is 4.16. The summed E-state index contributed by atoms with van der Waals surface area (Å²) < 4.78 is 5.93. The van der Waals surface area contributed by atoms with Crippen molar-refractivity contribution < 1.29 is 14.1 Å². The van der Waals surface area contributed by atoms with E-state index in [-0.39, 0.29) is 11.6 Å². The summed E-state index contributed by atoms with van der Waals surface area (Å²) in [7, 11) is 0. The van der Waals surface area contributed by atoms with Crippen molar-refractivity contribution in [2.24, 2.45) is 5.92 Å². The van der Waals surface area contributed by atoms with Gasteiger partial charge in [-0.1, -0.05) is 19.1 Å². The average molecular weight is 409 g/mol. The number of non-ortho nitro benzene ring substituents is 1. The lowest BCUT2D eigenvalue weighted by atomic mass is 9.88. The number of hydrogen-bond donors (Lipinski definition) is 2. The van der Waals surface area contributed by atoms with Gasteiger partial charge in [-0.15, -0.1) is 11.3 Å². The molecule has 0 unspecified atom stereocenters. The smallest absolute Gasteiger partial charge is 0.270 e. The molecule has 3 heterocycles. The zero-order valence-electron chi connectivity index (χ0n) is 15.7. The van der Waals surface area contributed by atoms with E-state index < -0.39 is 11.1 Å². The molecule has 0 bridgehead atoms. The number of amides is 1. The first-order chi connectivity index (χ1) is 14.0. The maximum atomic E-state index is 12.8. The van der Waals surface area contributed by atoms with E-state index in [1.165, 1.54) is 22.6 Å². The second kappa shape index (κ2) is 6.73. The molecule has 1 aromatic carbocycles. The Labute approximate surface area is 170 Å². The van der Waals surface area contributed by atoms with Gasteiger partial charge in [0.25, 0.3) is 11.6 Å². The van der Waals surface area contributed by atoms with Gasteiger partial charge in [-0.25, -0.2) is 0 Å². The van der Waals surface area contributed by atoms with Gasteiger partial charge in [0, 0.05) is 22.6 Å². The van der Waals surface area contributed by atoms with Gasteiger partial charge in [-0.05, 0) is 42.9 Å². The number of furan rings is 1. The van der Waals surface area contributed by atoms with Crippen LogP contribution in [0.3, 0.4) is 0 Å². The van der Waals surface area contributed by atoms with Crippen molar-refractivity contribution in [1.82, 2.24) is 5.32 Å². The maximum absolute atomic E-state index is 12.8. The number of nitro groups is 1. The molecule has 0 saturated carbocycles. The molecule has 0 saturated heterocycles. The molecular formula is C21H19N3O4S. The summed E-state index contributed by atoms with van der Waals surface area (Å²) in [5, 5.41) is 18.3. The van der Waals surface area contributed by atoms with Crippen LogP contribution in [0.2, 0.25) is 0 Å². The molecule has 1 aliphatic heterocycles. The number of benzene rings is 1. The van der Waals surface area contributed by atoms with E-state index in [9.17, 15) is 14.9 Å². The number of nitrogens with zero attached hydrogens (tertiary/aromatic N) is 1. The molecule has 0 radical (unpaired) electrons. The standard InChI is InChI=1S/C21H19N3O4S/c1-11-5-6-14-17(9-11)29-21-18(14)20(25)22-19(23-21)16-8-7-15(28-16)12-3-2-4-13(10-12)24(26)27/h2-4,7-8,10-11,19,23H,5-6,9H2,1H3,(H,22,25)/t11-,19-/m0/s1. The molecule has 0 fully saturated rings. The number of nitrogens with one attached hydrogen (secondary N) is 2. The van der Waals surface area contributed by atoms with Gasteiger partial charge in [0.15, 0.2) is 6.17 Å². The van der Waals surface area contributed by atoms with E-state index in [4.69, 9.17) is 4.42 Å². The van der Waals surface area contributed by atoms with Gasteiger partial charge in [0.05, 0.1) is 10.5 Å². The molecular weight excluding hydrogens is 390 g/mol. The highest BCUT2D eigenvalue weighted by molar-refractivity contribution is 7.16. The van der Waals surface area contributed by atoms with Crippen LogP contribution < -0.4 is 10.6 Å². The summed E-state index contributed by atoms with van der Waals surface area (Å²) in [6.45, 7) is 2.25. The zero-order chi connectivity index (χ0) is 20.1. The van der Waals surface area contributed by atoms with Crippen molar-refractivity contribution in [3.05, 3.63) is 68.3 Å². The van der Waals surface area contributed by atoms with Crippen molar-refractivity contribution in [2.75, 3.05) is 5.32 Å². The molecule has 2 N–H and O–H groups in total. The molecule has 2 aromatic heterocycles. The maximum Gasteiger partial charge on any atom is 0.270 e. The largest absolute Gasteiger partial charge is 0.457 e. The number of hydrogen-bond acceptors (Lipinski definition) is 6. The van der Waals surface area contributed by atoms with E-state index >= 15 is 0 Å². The summed E-state index contributed by atoms with van der Waals surface area (Å²) >= 11 is 1.66. The van der Waals surface area contributed by atoms with Gasteiger partial charge in [0.1, 0.15) is 16.5 Å². The van der Waals surface area contributed by atoms with Crippen molar-refractivity contribution in [2.45, 2.75) is 32.4 Å². The van der Waals surface area contributed by atoms with Crippen LogP contribution in [0.25, 0.3) is 11.3 Å². The van der Waals surface area contributed by atoms with Gasteiger partial charge in [-0.2, -0.15) is 0 Å². The van der Waals surface area contributed by atoms with Crippen LogP contribution in [0.1, 0.15) is 46.1 Å². The number of carbonyl (C=O) groups excluding carboxylic acids is 1. The van der Waals surface area contributed by atoms with Crippen LogP contribution in [0.15, 0.2) is 40.8 Å². The van der Waals surface area contributed by atoms with Crippen LogP contribution in [-0.2, 0) is 12.8 Å². The summed E-state index contributed by atoms with van der Waals surface area (Å²) in [6, 6.07) is 9.85. The monoisotopic (exact) mass is 409 g/mol. The Balaban J connectivity index is 1.43. The van der Waals surface area contributed by atoms with Crippen LogP contribution in [0, 0.1) is 16.0 Å². The van der Waals surface area contributed by atoms with E-state index in [2.05, 4.69) is 17.6 Å². The topological polar surface area (TPSA) is 97.4 Å². The van der Waals surface area contributed by atoms with Gasteiger partial charge >= 0.3 is 0 Å². The van der Waals surface area contributed by atoms with Crippen molar-refractivity contribution in [1.29, 1.82) is 0 Å². The fourth-order valence-corrected chi connectivity index (χ4v) is 5.48. The molecule has 1 aliphatic carbocycles. The minimum absolute atomic E-state index is 0.00702. The number of fused-ring (bicyclic) bond motifs is 3. The molecule has 2 atom stereocenters. The fraction of sp³-hybridized carbons (Fsp3) is 0.286. The lowest BCUT2D eigenvalue weighted by molar-refractivity contribution is -0.384. The summed E-state index contributed by atoms with van der Waals surface area (Å²) in [5.74, 6) is 1.64. The number of anilines is 1. The van der Waals surface area contributed by atoms with E-state index in [1.807, 2.05) is 0 Å². The highest BCUT2D eigenvalue weighted by Gasteiger charge is 2.34. The molecule has 148 valence electrons. The Morgan fingerprint density at radius 2 is 2.10 bits per heavy atom. The third-order valence-electron chi connectivity index (χ3n) is 5.54. The molecule has 0 spiro atoms. The third kappa shape index (κ3) is 3.09. The third-order valence-corrected chi connectivity index (χ3v) is 6.73. The molecule has 29 heavy (non-hydrogen) atoms. The molecule has 1 amide bonds. The minimum atomic E-state index is -0.472. The predicted octanol–water partition coefficient (Wildman–Crippen LogP) is 4.90. The van der Waals surface area contributed by atoms with Crippen LogP contribution in [0.5, 0.6) is 0 Å². The van der Waals surface area contributed by atoms with Crippen molar-refractivity contribution >= 4 is 27.9 Å². The second-order valence-electron chi connectivity index (χ2n) is 7.62. The highest BCUT2D eigenvalue weighted by atomic mass is 32.1. The number of nitro benzene ring substituents is 1. The average Bonchev–Trinajstić information content (AvgIpc) is 3.32. The van der Waals surface area contributed by atoms with Gasteiger partial charge in [-0.3, -0.25) is 14.9 Å². The molecule has 2 aliphatic rings.